The standard InChI is InChI=1S/C20H15ClF2N2O5/c1-28-15-4-3-11(8-14(15)22)30-18-12(9-13(21)19(29-2)17(18)23)20(27)25-10-5-6-24-16(26)7-10/h3-9H,1-2H3,(H2,24,25,26,27). The quantitative estimate of drug-likeness (QED) is 0.599. The second-order valence-electron chi connectivity index (χ2n) is 5.88. The minimum absolute atomic E-state index is 0.0382. The van der Waals surface area contributed by atoms with Crippen LogP contribution in [0.15, 0.2) is 47.4 Å². The number of nitrogens with one attached hydrogen (secondary N) is 2. The molecule has 0 saturated heterocycles. The van der Waals surface area contributed by atoms with Crippen molar-refractivity contribution in [3.63, 3.8) is 0 Å². The second kappa shape index (κ2) is 8.83. The van der Waals surface area contributed by atoms with Gasteiger partial charge in [-0.15, -0.1) is 0 Å². The maximum absolute atomic E-state index is 15.0. The van der Waals surface area contributed by atoms with Crippen LogP contribution >= 0.6 is 11.6 Å². The molecule has 3 rings (SSSR count). The van der Waals surface area contributed by atoms with Crippen molar-refractivity contribution < 1.29 is 27.8 Å². The summed E-state index contributed by atoms with van der Waals surface area (Å²) in [6.45, 7) is 0. The molecular formula is C20H15ClF2N2O5. The molecule has 2 N–H and O–H groups in total. The van der Waals surface area contributed by atoms with Crippen LogP contribution in [-0.4, -0.2) is 25.1 Å². The predicted octanol–water partition coefficient (Wildman–Crippen LogP) is 4.37. The molecule has 0 aliphatic carbocycles. The topological polar surface area (TPSA) is 89.7 Å². The van der Waals surface area contributed by atoms with Crippen LogP contribution in [0.4, 0.5) is 14.5 Å². The van der Waals surface area contributed by atoms with E-state index in [1.54, 1.807) is 0 Å². The predicted molar refractivity (Wildman–Crippen MR) is 106 cm³/mol. The normalized spacial score (nSPS) is 10.4. The van der Waals surface area contributed by atoms with Crippen LogP contribution in [0.1, 0.15) is 10.4 Å². The highest BCUT2D eigenvalue weighted by molar-refractivity contribution is 6.32. The van der Waals surface area contributed by atoms with Crippen molar-refractivity contribution in [2.24, 2.45) is 0 Å². The number of H-pyrrole nitrogens is 1. The molecule has 10 heteroatoms. The fourth-order valence-corrected chi connectivity index (χ4v) is 2.86. The minimum atomic E-state index is -1.06. The first kappa shape index (κ1) is 21.1. The third-order valence-corrected chi connectivity index (χ3v) is 4.24. The molecule has 0 fully saturated rings. The Morgan fingerprint density at radius 1 is 1.07 bits per heavy atom. The molecule has 0 bridgehead atoms. The summed E-state index contributed by atoms with van der Waals surface area (Å²) in [5.74, 6) is -3.64. The van der Waals surface area contributed by atoms with Crippen LogP contribution in [0, 0.1) is 11.6 Å². The first-order valence-electron chi connectivity index (χ1n) is 8.41. The Morgan fingerprint density at radius 2 is 1.83 bits per heavy atom. The molecule has 0 saturated carbocycles. The fraction of sp³-hybridized carbons (Fsp3) is 0.100. The summed E-state index contributed by atoms with van der Waals surface area (Å²) in [6.07, 6.45) is 1.33. The van der Waals surface area contributed by atoms with Crippen LogP contribution < -0.4 is 25.1 Å². The van der Waals surface area contributed by atoms with E-state index in [2.05, 4.69) is 10.3 Å². The van der Waals surface area contributed by atoms with Gasteiger partial charge in [0.2, 0.25) is 11.4 Å². The van der Waals surface area contributed by atoms with Gasteiger partial charge in [-0.2, -0.15) is 4.39 Å². The molecular weight excluding hydrogens is 422 g/mol. The lowest BCUT2D eigenvalue weighted by Crippen LogP contribution is -2.16. The maximum atomic E-state index is 15.0. The van der Waals surface area contributed by atoms with Crippen LogP contribution in [-0.2, 0) is 0 Å². The van der Waals surface area contributed by atoms with E-state index in [4.69, 9.17) is 25.8 Å². The smallest absolute Gasteiger partial charge is 0.259 e. The second-order valence-corrected chi connectivity index (χ2v) is 6.28. The van der Waals surface area contributed by atoms with Gasteiger partial charge in [0, 0.05) is 24.0 Å². The van der Waals surface area contributed by atoms with E-state index in [0.717, 1.165) is 18.2 Å². The van der Waals surface area contributed by atoms with Gasteiger partial charge in [0.05, 0.1) is 24.8 Å². The Morgan fingerprint density at radius 3 is 2.47 bits per heavy atom. The fourth-order valence-electron chi connectivity index (χ4n) is 2.59. The van der Waals surface area contributed by atoms with Crippen molar-refractivity contribution in [2.45, 2.75) is 0 Å². The van der Waals surface area contributed by atoms with Gasteiger partial charge in [0.15, 0.2) is 23.1 Å². The van der Waals surface area contributed by atoms with Gasteiger partial charge in [-0.1, -0.05) is 11.6 Å². The first-order valence-corrected chi connectivity index (χ1v) is 8.79. The molecule has 0 radical (unpaired) electrons. The molecule has 2 aromatic carbocycles. The number of ether oxygens (including phenoxy) is 3. The summed E-state index contributed by atoms with van der Waals surface area (Å²) in [7, 11) is 2.48. The number of methoxy groups -OCH3 is 2. The van der Waals surface area contributed by atoms with Gasteiger partial charge in [0.1, 0.15) is 5.75 Å². The van der Waals surface area contributed by atoms with Gasteiger partial charge in [0.25, 0.3) is 5.91 Å². The Labute approximate surface area is 174 Å². The zero-order valence-electron chi connectivity index (χ0n) is 15.7. The number of halogens is 3. The van der Waals surface area contributed by atoms with Crippen LogP contribution in [0.25, 0.3) is 0 Å². The van der Waals surface area contributed by atoms with Gasteiger partial charge in [-0.3, -0.25) is 9.59 Å². The molecule has 0 atom stereocenters. The largest absolute Gasteiger partial charge is 0.494 e. The number of aromatic amines is 1. The summed E-state index contributed by atoms with van der Waals surface area (Å²) in [5.41, 5.74) is -0.579. The van der Waals surface area contributed by atoms with Crippen molar-refractivity contribution in [2.75, 3.05) is 19.5 Å². The molecule has 156 valence electrons. The summed E-state index contributed by atoms with van der Waals surface area (Å²) in [5, 5.41) is 2.27. The number of rotatable bonds is 6. The van der Waals surface area contributed by atoms with E-state index >= 15 is 4.39 Å². The molecule has 1 heterocycles. The van der Waals surface area contributed by atoms with Gasteiger partial charge in [-0.25, -0.2) is 4.39 Å². The van der Waals surface area contributed by atoms with E-state index in [0.29, 0.717) is 0 Å². The maximum Gasteiger partial charge on any atom is 0.259 e. The lowest BCUT2D eigenvalue weighted by Gasteiger charge is -2.16. The molecule has 30 heavy (non-hydrogen) atoms. The Balaban J connectivity index is 2.05. The van der Waals surface area contributed by atoms with Gasteiger partial charge < -0.3 is 24.5 Å². The molecule has 0 aliphatic rings. The number of hydrogen-bond acceptors (Lipinski definition) is 5. The average molecular weight is 437 g/mol. The van der Waals surface area contributed by atoms with E-state index < -0.39 is 28.9 Å². The van der Waals surface area contributed by atoms with Crippen molar-refractivity contribution in [3.8, 4) is 23.0 Å². The van der Waals surface area contributed by atoms with Crippen LogP contribution in [0.5, 0.6) is 23.0 Å². The van der Waals surface area contributed by atoms with E-state index in [1.807, 2.05) is 0 Å². The molecule has 1 aromatic heterocycles. The Hall–Kier alpha value is -3.59. The number of carbonyl (C=O) groups is 1. The Kier molecular flexibility index (Phi) is 6.22. The number of amides is 1. The SMILES string of the molecule is COc1ccc(Oc2c(C(=O)Nc3cc[nH]c(=O)c3)cc(Cl)c(OC)c2F)cc1F. The number of benzene rings is 2. The van der Waals surface area contributed by atoms with Gasteiger partial charge >= 0.3 is 0 Å². The average Bonchev–Trinajstić information content (AvgIpc) is 2.70. The number of pyridine rings is 1. The first-order chi connectivity index (χ1) is 14.3. The summed E-state index contributed by atoms with van der Waals surface area (Å²) in [4.78, 5) is 26.6. The summed E-state index contributed by atoms with van der Waals surface area (Å²) < 4.78 is 44.2. The molecule has 1 amide bonds. The summed E-state index contributed by atoms with van der Waals surface area (Å²) >= 11 is 6.01. The lowest BCUT2D eigenvalue weighted by atomic mass is 10.1. The van der Waals surface area contributed by atoms with Crippen molar-refractivity contribution >= 4 is 23.2 Å². The molecule has 0 aliphatic heterocycles. The lowest BCUT2D eigenvalue weighted by molar-refractivity contribution is 0.102. The van der Waals surface area contributed by atoms with E-state index in [9.17, 15) is 14.0 Å². The molecule has 7 nitrogen and oxygen atoms in total. The number of aromatic nitrogens is 1. The number of anilines is 1. The monoisotopic (exact) mass is 436 g/mol. The third-order valence-electron chi connectivity index (χ3n) is 3.96. The minimum Gasteiger partial charge on any atom is -0.494 e. The van der Waals surface area contributed by atoms with Crippen molar-refractivity contribution in [1.29, 1.82) is 0 Å². The van der Waals surface area contributed by atoms with Crippen LogP contribution in [0.2, 0.25) is 5.02 Å². The van der Waals surface area contributed by atoms with E-state index in [-0.39, 0.29) is 33.5 Å². The number of hydrogen-bond donors (Lipinski definition) is 2. The highest BCUT2D eigenvalue weighted by Gasteiger charge is 2.25. The van der Waals surface area contributed by atoms with Crippen molar-refractivity contribution in [1.82, 2.24) is 4.98 Å². The van der Waals surface area contributed by atoms with Gasteiger partial charge in [-0.05, 0) is 24.3 Å². The third kappa shape index (κ3) is 4.36. The zero-order valence-corrected chi connectivity index (χ0v) is 16.5. The summed E-state index contributed by atoms with van der Waals surface area (Å²) in [6, 6.07) is 7.30. The highest BCUT2D eigenvalue weighted by Crippen LogP contribution is 2.40. The Bertz CT molecular complexity index is 1170. The molecule has 3 aromatic rings. The zero-order chi connectivity index (χ0) is 21.8. The highest BCUT2D eigenvalue weighted by atomic mass is 35.5. The van der Waals surface area contributed by atoms with Crippen molar-refractivity contribution in [3.05, 3.63) is 75.2 Å². The molecule has 0 spiro atoms. The number of carbonyl (C=O) groups excluding carboxylic acids is 1. The van der Waals surface area contributed by atoms with E-state index in [1.165, 1.54) is 38.6 Å². The molecule has 0 unspecified atom stereocenters. The van der Waals surface area contributed by atoms with Crippen LogP contribution in [0.3, 0.4) is 0 Å².